The van der Waals surface area contributed by atoms with E-state index in [0.717, 1.165) is 6.04 Å². The van der Waals surface area contributed by atoms with Crippen LogP contribution in [0.4, 0.5) is 0 Å². The van der Waals surface area contributed by atoms with E-state index in [4.69, 9.17) is 0 Å². The number of fused-ring (bicyclic) bond motifs is 1. The molecule has 1 fully saturated rings. The summed E-state index contributed by atoms with van der Waals surface area (Å²) in [6.45, 7) is 2.46. The van der Waals surface area contributed by atoms with Crippen molar-refractivity contribution < 1.29 is 0 Å². The van der Waals surface area contributed by atoms with Crippen molar-refractivity contribution in [2.24, 2.45) is 0 Å². The van der Waals surface area contributed by atoms with Crippen molar-refractivity contribution in [3.63, 3.8) is 0 Å². The molecular weight excluding hydrogens is 258 g/mol. The lowest BCUT2D eigenvalue weighted by Crippen LogP contribution is -2.50. The number of likely N-dealkylation sites (N-methyl/N-ethyl adjacent to an activating group) is 2. The van der Waals surface area contributed by atoms with Gasteiger partial charge in [0, 0.05) is 24.7 Å². The van der Waals surface area contributed by atoms with Crippen LogP contribution in [0.3, 0.4) is 0 Å². The minimum absolute atomic E-state index is 0.484. The van der Waals surface area contributed by atoms with Gasteiger partial charge in [0.05, 0.1) is 0 Å². The molecule has 3 atom stereocenters. The summed E-state index contributed by atoms with van der Waals surface area (Å²) in [5.41, 5.74) is 3.06. The Labute approximate surface area is 129 Å². The summed E-state index contributed by atoms with van der Waals surface area (Å²) in [6, 6.07) is 10.8. The maximum Gasteiger partial charge on any atom is 0.0478 e. The molecule has 1 aliphatic carbocycles. The van der Waals surface area contributed by atoms with Crippen LogP contribution in [0.25, 0.3) is 0 Å². The first kappa shape index (κ1) is 15.0. The topological polar surface area (TPSA) is 18.5 Å². The molecule has 3 rings (SSSR count). The Kier molecular flexibility index (Phi) is 4.63. The molecule has 0 radical (unpaired) electrons. The second-order valence-electron chi connectivity index (χ2n) is 6.87. The van der Waals surface area contributed by atoms with E-state index in [-0.39, 0.29) is 0 Å². The number of nitrogens with one attached hydrogen (secondary N) is 1. The molecule has 1 aliphatic heterocycles. The van der Waals surface area contributed by atoms with E-state index in [0.29, 0.717) is 12.1 Å². The highest BCUT2D eigenvalue weighted by atomic mass is 15.3. The Balaban J connectivity index is 1.82. The Hall–Kier alpha value is -0.900. The van der Waals surface area contributed by atoms with Crippen molar-refractivity contribution in [2.75, 3.05) is 34.2 Å². The molecule has 1 N–H and O–H groups in total. The Morgan fingerprint density at radius 3 is 2.81 bits per heavy atom. The van der Waals surface area contributed by atoms with Crippen LogP contribution in [0.15, 0.2) is 24.3 Å². The van der Waals surface area contributed by atoms with E-state index in [9.17, 15) is 0 Å². The van der Waals surface area contributed by atoms with Gasteiger partial charge in [-0.1, -0.05) is 24.3 Å². The number of nitrogens with zero attached hydrogens (tertiary/aromatic N) is 2. The molecule has 0 spiro atoms. The normalized spacial score (nSPS) is 29.8. The first-order valence-electron chi connectivity index (χ1n) is 8.36. The molecule has 0 aromatic heterocycles. The maximum atomic E-state index is 3.61. The van der Waals surface area contributed by atoms with Gasteiger partial charge in [-0.2, -0.15) is 0 Å². The van der Waals surface area contributed by atoms with E-state index in [1.807, 2.05) is 0 Å². The van der Waals surface area contributed by atoms with Crippen LogP contribution in [-0.4, -0.2) is 56.1 Å². The zero-order valence-corrected chi connectivity index (χ0v) is 13.7. The van der Waals surface area contributed by atoms with Crippen LogP contribution in [0, 0.1) is 0 Å². The lowest BCUT2D eigenvalue weighted by Gasteiger charge is -2.42. The number of hydrogen-bond donors (Lipinski definition) is 1. The van der Waals surface area contributed by atoms with Crippen molar-refractivity contribution in [3.8, 4) is 0 Å². The van der Waals surface area contributed by atoms with E-state index in [1.54, 1.807) is 0 Å². The first-order valence-corrected chi connectivity index (χ1v) is 8.36. The molecule has 3 nitrogen and oxygen atoms in total. The zero-order valence-electron chi connectivity index (χ0n) is 13.7. The molecule has 3 heteroatoms. The van der Waals surface area contributed by atoms with Crippen molar-refractivity contribution in [1.82, 2.24) is 15.1 Å². The van der Waals surface area contributed by atoms with Gasteiger partial charge in [0.2, 0.25) is 0 Å². The number of benzene rings is 1. The average molecular weight is 287 g/mol. The van der Waals surface area contributed by atoms with E-state index in [2.05, 4.69) is 60.5 Å². The highest BCUT2D eigenvalue weighted by Crippen LogP contribution is 2.36. The van der Waals surface area contributed by atoms with E-state index in [1.165, 1.54) is 49.9 Å². The highest BCUT2D eigenvalue weighted by Gasteiger charge is 2.37. The van der Waals surface area contributed by atoms with Crippen molar-refractivity contribution in [3.05, 3.63) is 35.4 Å². The van der Waals surface area contributed by atoms with Gasteiger partial charge in [0.15, 0.2) is 0 Å². The molecule has 2 aliphatic rings. The Bertz CT molecular complexity index is 471. The monoisotopic (exact) mass is 287 g/mol. The van der Waals surface area contributed by atoms with Gasteiger partial charge in [0.25, 0.3) is 0 Å². The summed E-state index contributed by atoms with van der Waals surface area (Å²) < 4.78 is 0. The molecule has 1 aromatic rings. The SMILES string of the molecule is CNC1c2ccccc2CCC1N1CCCC1CN(C)C. The standard InChI is InChI=1S/C18H29N3/c1-19-18-16-9-5-4-7-14(16)10-11-17(18)21-12-6-8-15(21)13-20(2)3/h4-5,7,9,15,17-19H,6,8,10-13H2,1-3H3. The number of aryl methyl sites for hydroxylation is 1. The molecule has 0 bridgehead atoms. The molecule has 3 unspecified atom stereocenters. The first-order chi connectivity index (χ1) is 10.2. The van der Waals surface area contributed by atoms with Gasteiger partial charge in [0.1, 0.15) is 0 Å². The van der Waals surface area contributed by atoms with Gasteiger partial charge < -0.3 is 10.2 Å². The zero-order chi connectivity index (χ0) is 14.8. The molecule has 21 heavy (non-hydrogen) atoms. The fraction of sp³-hybridized carbons (Fsp3) is 0.667. The van der Waals surface area contributed by atoms with Crippen molar-refractivity contribution >= 4 is 0 Å². The van der Waals surface area contributed by atoms with Gasteiger partial charge in [-0.25, -0.2) is 0 Å². The molecule has 1 aromatic carbocycles. The minimum Gasteiger partial charge on any atom is -0.312 e. The largest absolute Gasteiger partial charge is 0.312 e. The van der Waals surface area contributed by atoms with Crippen molar-refractivity contribution in [2.45, 2.75) is 43.8 Å². The van der Waals surface area contributed by atoms with Gasteiger partial charge >= 0.3 is 0 Å². The second kappa shape index (κ2) is 6.47. The number of likely N-dealkylation sites (tertiary alicyclic amines) is 1. The molecule has 0 amide bonds. The Morgan fingerprint density at radius 1 is 1.24 bits per heavy atom. The molecule has 0 saturated carbocycles. The van der Waals surface area contributed by atoms with Crippen molar-refractivity contribution in [1.29, 1.82) is 0 Å². The van der Waals surface area contributed by atoms with Gasteiger partial charge in [-0.05, 0) is 64.5 Å². The predicted octanol–water partition coefficient (Wildman–Crippen LogP) is 2.29. The van der Waals surface area contributed by atoms with Crippen LogP contribution in [0.2, 0.25) is 0 Å². The minimum atomic E-state index is 0.484. The number of rotatable bonds is 4. The van der Waals surface area contributed by atoms with Crippen LogP contribution >= 0.6 is 0 Å². The summed E-state index contributed by atoms with van der Waals surface area (Å²) in [6.07, 6.45) is 5.22. The average Bonchev–Trinajstić information content (AvgIpc) is 2.93. The van der Waals surface area contributed by atoms with Crippen LogP contribution < -0.4 is 5.32 Å². The molecule has 116 valence electrons. The summed E-state index contributed by atoms with van der Waals surface area (Å²) in [7, 11) is 6.52. The lowest BCUT2D eigenvalue weighted by molar-refractivity contribution is 0.113. The molecule has 1 saturated heterocycles. The fourth-order valence-electron chi connectivity index (χ4n) is 4.36. The highest BCUT2D eigenvalue weighted by molar-refractivity contribution is 5.34. The Morgan fingerprint density at radius 2 is 2.05 bits per heavy atom. The maximum absolute atomic E-state index is 3.61. The summed E-state index contributed by atoms with van der Waals surface area (Å²) in [5, 5.41) is 3.61. The summed E-state index contributed by atoms with van der Waals surface area (Å²) in [5.74, 6) is 0. The predicted molar refractivity (Wildman–Crippen MR) is 88.6 cm³/mol. The lowest BCUT2D eigenvalue weighted by atomic mass is 9.83. The number of hydrogen-bond acceptors (Lipinski definition) is 3. The molecular formula is C18H29N3. The molecule has 1 heterocycles. The summed E-state index contributed by atoms with van der Waals surface area (Å²) >= 11 is 0. The fourth-order valence-corrected chi connectivity index (χ4v) is 4.36. The quantitative estimate of drug-likeness (QED) is 0.916. The smallest absolute Gasteiger partial charge is 0.0478 e. The van der Waals surface area contributed by atoms with Gasteiger partial charge in [-0.15, -0.1) is 0 Å². The van der Waals surface area contributed by atoms with Gasteiger partial charge in [-0.3, -0.25) is 4.90 Å². The third kappa shape index (κ3) is 3.01. The second-order valence-corrected chi connectivity index (χ2v) is 6.87. The summed E-state index contributed by atoms with van der Waals surface area (Å²) in [4.78, 5) is 5.13. The van der Waals surface area contributed by atoms with Crippen LogP contribution in [0.5, 0.6) is 0 Å². The van der Waals surface area contributed by atoms with E-state index >= 15 is 0 Å². The third-order valence-electron chi connectivity index (χ3n) is 5.22. The third-order valence-corrected chi connectivity index (χ3v) is 5.22. The van der Waals surface area contributed by atoms with Crippen LogP contribution in [0.1, 0.15) is 36.4 Å². The van der Waals surface area contributed by atoms with Crippen LogP contribution in [-0.2, 0) is 6.42 Å². The van der Waals surface area contributed by atoms with E-state index < -0.39 is 0 Å².